The van der Waals surface area contributed by atoms with Crippen molar-refractivity contribution >= 4 is 23.1 Å². The summed E-state index contributed by atoms with van der Waals surface area (Å²) in [7, 11) is 0. The third-order valence-corrected chi connectivity index (χ3v) is 7.32. The SMILES string of the molecule is CC(C)CCc1nc(Nc2ccc(-c3cnc4cc(F)ccn34)c3c2C(=O)NC3)ccc1[C@H]1CCOC1. The molecule has 2 N–H and O–H groups in total. The number of hydrogen-bond donors (Lipinski definition) is 2. The van der Waals surface area contributed by atoms with Crippen LogP contribution >= 0.6 is 0 Å². The number of aromatic nitrogens is 3. The number of halogens is 1. The van der Waals surface area contributed by atoms with E-state index < -0.39 is 0 Å². The maximum absolute atomic E-state index is 13.7. The molecule has 2 aliphatic heterocycles. The second-order valence-corrected chi connectivity index (χ2v) is 10.3. The number of amides is 1. The number of fused-ring (bicyclic) bond motifs is 2. The normalized spacial score (nSPS) is 17.0. The van der Waals surface area contributed by atoms with E-state index in [2.05, 4.69) is 35.5 Å². The number of pyridine rings is 2. The van der Waals surface area contributed by atoms with E-state index in [1.165, 1.54) is 17.7 Å². The largest absolute Gasteiger partial charge is 0.381 e. The molecule has 8 heteroatoms. The number of rotatable bonds is 7. The topological polar surface area (TPSA) is 80.5 Å². The van der Waals surface area contributed by atoms with Crippen molar-refractivity contribution in [3.8, 4) is 11.3 Å². The Morgan fingerprint density at radius 3 is 2.95 bits per heavy atom. The van der Waals surface area contributed by atoms with Crippen molar-refractivity contribution in [3.05, 3.63) is 77.0 Å². The van der Waals surface area contributed by atoms with E-state index in [1.54, 1.807) is 12.4 Å². The Labute approximate surface area is 215 Å². The van der Waals surface area contributed by atoms with Gasteiger partial charge in [-0.05, 0) is 54.5 Å². The lowest BCUT2D eigenvalue weighted by Crippen LogP contribution is -2.14. The fraction of sp³-hybridized carbons (Fsp3) is 0.345. The number of benzene rings is 1. The van der Waals surface area contributed by atoms with Gasteiger partial charge in [0.25, 0.3) is 5.91 Å². The molecule has 0 saturated carbocycles. The Morgan fingerprint density at radius 2 is 2.14 bits per heavy atom. The zero-order chi connectivity index (χ0) is 25.5. The first-order valence-electron chi connectivity index (χ1n) is 12.9. The number of nitrogens with zero attached hydrogens (tertiary/aromatic N) is 3. The standard InChI is InChI=1S/C29H30FN5O2/c1-17(2)3-6-23-20(18-10-12-37-16-18)5-8-26(33-23)34-24-7-4-21(22-14-32-29(36)28(22)24)25-15-31-27-13-19(30)9-11-35(25)27/h4-5,7-9,11,13,15,17-18H,3,6,10,12,14,16H2,1-2H3,(H,32,36)(H,33,34)/t18-/m0/s1. The summed E-state index contributed by atoms with van der Waals surface area (Å²) in [6.45, 7) is 6.41. The zero-order valence-electron chi connectivity index (χ0n) is 21.1. The Kier molecular flexibility index (Phi) is 6.12. The maximum Gasteiger partial charge on any atom is 0.254 e. The fourth-order valence-corrected chi connectivity index (χ4v) is 5.34. The first-order valence-corrected chi connectivity index (χ1v) is 12.9. The van der Waals surface area contributed by atoms with Crippen molar-refractivity contribution in [2.75, 3.05) is 18.5 Å². The van der Waals surface area contributed by atoms with E-state index in [9.17, 15) is 9.18 Å². The molecule has 37 heavy (non-hydrogen) atoms. The highest BCUT2D eigenvalue weighted by molar-refractivity contribution is 6.06. The molecule has 2 aliphatic rings. The van der Waals surface area contributed by atoms with Gasteiger partial charge in [0.05, 0.1) is 29.7 Å². The van der Waals surface area contributed by atoms with Crippen molar-refractivity contribution in [1.29, 1.82) is 0 Å². The molecule has 0 unspecified atom stereocenters. The van der Waals surface area contributed by atoms with Crippen molar-refractivity contribution < 1.29 is 13.9 Å². The summed E-state index contributed by atoms with van der Waals surface area (Å²) < 4.78 is 21.2. The van der Waals surface area contributed by atoms with E-state index in [0.717, 1.165) is 60.8 Å². The number of nitrogens with one attached hydrogen (secondary N) is 2. The van der Waals surface area contributed by atoms with Crippen molar-refractivity contribution in [2.24, 2.45) is 5.92 Å². The van der Waals surface area contributed by atoms with Crippen LogP contribution in [0.1, 0.15) is 59.8 Å². The summed E-state index contributed by atoms with van der Waals surface area (Å²) in [6, 6.07) is 10.9. The Hall–Kier alpha value is -3.78. The first-order chi connectivity index (χ1) is 18.0. The highest BCUT2D eigenvalue weighted by Gasteiger charge is 2.28. The number of ether oxygens (including phenoxy) is 1. The Bertz CT molecular complexity index is 1490. The van der Waals surface area contributed by atoms with Crippen molar-refractivity contribution in [3.63, 3.8) is 0 Å². The second-order valence-electron chi connectivity index (χ2n) is 10.3. The molecule has 1 atom stereocenters. The van der Waals surface area contributed by atoms with E-state index in [0.29, 0.717) is 35.3 Å². The molecule has 5 heterocycles. The molecule has 0 bridgehead atoms. The molecular weight excluding hydrogens is 469 g/mol. The summed E-state index contributed by atoms with van der Waals surface area (Å²) in [5, 5.41) is 6.38. The number of imidazole rings is 1. The van der Waals surface area contributed by atoms with Gasteiger partial charge in [-0.3, -0.25) is 9.20 Å². The van der Waals surface area contributed by atoms with Crippen LogP contribution in [-0.2, 0) is 17.7 Å². The number of anilines is 2. The number of carbonyl (C=O) groups excluding carboxylic acids is 1. The van der Waals surface area contributed by atoms with Gasteiger partial charge in [0, 0.05) is 42.6 Å². The van der Waals surface area contributed by atoms with Crippen LogP contribution in [0.5, 0.6) is 0 Å². The summed E-state index contributed by atoms with van der Waals surface area (Å²) in [5.41, 5.74) is 6.80. The molecule has 190 valence electrons. The van der Waals surface area contributed by atoms with Crippen molar-refractivity contribution in [1.82, 2.24) is 19.7 Å². The molecule has 1 fully saturated rings. The Balaban J connectivity index is 1.36. The smallest absolute Gasteiger partial charge is 0.254 e. The zero-order valence-corrected chi connectivity index (χ0v) is 21.1. The average Bonchev–Trinajstić information content (AvgIpc) is 3.64. The van der Waals surface area contributed by atoms with Crippen LogP contribution in [0.15, 0.2) is 48.8 Å². The van der Waals surface area contributed by atoms with Crippen LogP contribution in [0.4, 0.5) is 15.9 Å². The molecule has 1 amide bonds. The third kappa shape index (κ3) is 4.46. The summed E-state index contributed by atoms with van der Waals surface area (Å²) >= 11 is 0. The van der Waals surface area contributed by atoms with Gasteiger partial charge in [-0.2, -0.15) is 0 Å². The monoisotopic (exact) mass is 499 g/mol. The van der Waals surface area contributed by atoms with Crippen LogP contribution < -0.4 is 10.6 Å². The summed E-state index contributed by atoms with van der Waals surface area (Å²) in [4.78, 5) is 22.3. The Morgan fingerprint density at radius 1 is 1.24 bits per heavy atom. The van der Waals surface area contributed by atoms with E-state index in [-0.39, 0.29) is 11.7 Å². The first kappa shape index (κ1) is 23.6. The minimum atomic E-state index is -0.335. The van der Waals surface area contributed by atoms with Gasteiger partial charge in [0.15, 0.2) is 0 Å². The fourth-order valence-electron chi connectivity index (χ4n) is 5.34. The average molecular weight is 500 g/mol. The van der Waals surface area contributed by atoms with Gasteiger partial charge in [-0.1, -0.05) is 26.0 Å². The van der Waals surface area contributed by atoms with Crippen LogP contribution in [-0.4, -0.2) is 33.5 Å². The number of hydrogen-bond acceptors (Lipinski definition) is 5. The molecule has 0 radical (unpaired) electrons. The third-order valence-electron chi connectivity index (χ3n) is 7.32. The van der Waals surface area contributed by atoms with Gasteiger partial charge < -0.3 is 15.4 Å². The lowest BCUT2D eigenvalue weighted by Gasteiger charge is -2.17. The lowest BCUT2D eigenvalue weighted by molar-refractivity contribution is 0.0966. The predicted molar refractivity (Wildman–Crippen MR) is 141 cm³/mol. The second kappa shape index (κ2) is 9.59. The van der Waals surface area contributed by atoms with Crippen molar-refractivity contribution in [2.45, 2.75) is 45.6 Å². The molecule has 3 aromatic heterocycles. The molecule has 1 aromatic carbocycles. The molecule has 6 rings (SSSR count). The van der Waals surface area contributed by atoms with Crippen LogP contribution in [0.2, 0.25) is 0 Å². The lowest BCUT2D eigenvalue weighted by atomic mass is 9.93. The number of carbonyl (C=O) groups is 1. The highest BCUT2D eigenvalue weighted by atomic mass is 19.1. The molecule has 4 aromatic rings. The van der Waals surface area contributed by atoms with Gasteiger partial charge in [-0.15, -0.1) is 0 Å². The van der Waals surface area contributed by atoms with Gasteiger partial charge in [0.2, 0.25) is 0 Å². The number of aryl methyl sites for hydroxylation is 1. The molecule has 0 aliphatic carbocycles. The van der Waals surface area contributed by atoms with Crippen LogP contribution in [0.25, 0.3) is 16.9 Å². The van der Waals surface area contributed by atoms with Crippen LogP contribution in [0.3, 0.4) is 0 Å². The predicted octanol–water partition coefficient (Wildman–Crippen LogP) is 5.61. The molecule has 1 saturated heterocycles. The van der Waals surface area contributed by atoms with Crippen LogP contribution in [0, 0.1) is 11.7 Å². The molecular formula is C29H30FN5O2. The minimum Gasteiger partial charge on any atom is -0.381 e. The van der Waals surface area contributed by atoms with Gasteiger partial charge in [0.1, 0.15) is 17.3 Å². The molecule has 0 spiro atoms. The molecule has 7 nitrogen and oxygen atoms in total. The summed E-state index contributed by atoms with van der Waals surface area (Å²) in [6.07, 6.45) is 6.37. The van der Waals surface area contributed by atoms with E-state index in [1.807, 2.05) is 22.6 Å². The van der Waals surface area contributed by atoms with Gasteiger partial charge >= 0.3 is 0 Å². The highest BCUT2D eigenvalue weighted by Crippen LogP contribution is 2.36. The van der Waals surface area contributed by atoms with E-state index >= 15 is 0 Å². The van der Waals surface area contributed by atoms with Gasteiger partial charge in [-0.25, -0.2) is 14.4 Å². The maximum atomic E-state index is 13.7. The van der Waals surface area contributed by atoms with E-state index in [4.69, 9.17) is 9.72 Å². The quantitative estimate of drug-likeness (QED) is 0.345. The summed E-state index contributed by atoms with van der Waals surface area (Å²) in [5.74, 6) is 1.23. The minimum absolute atomic E-state index is 0.126.